The van der Waals surface area contributed by atoms with Crippen molar-refractivity contribution in [3.05, 3.63) is 24.7 Å². The Bertz CT molecular complexity index is 782. The minimum absolute atomic E-state index is 0.0485. The van der Waals surface area contributed by atoms with Crippen LogP contribution in [0.5, 0.6) is 0 Å². The normalized spacial score (nSPS) is 28.8. The van der Waals surface area contributed by atoms with Crippen LogP contribution in [0.2, 0.25) is 0 Å². The molecule has 1 heterocycles. The molecular formula is C17H23N5O2S. The first-order valence-electron chi connectivity index (χ1n) is 8.50. The van der Waals surface area contributed by atoms with Crippen molar-refractivity contribution in [2.45, 2.75) is 49.4 Å². The second-order valence-corrected chi connectivity index (χ2v) is 8.86. The van der Waals surface area contributed by atoms with Crippen LogP contribution in [-0.4, -0.2) is 42.8 Å². The molecule has 0 radical (unpaired) electrons. The molecule has 1 aromatic rings. The minimum Gasteiger partial charge on any atom is -0.356 e. The molecule has 2 aliphatic rings. The third-order valence-corrected chi connectivity index (χ3v) is 7.24. The summed E-state index contributed by atoms with van der Waals surface area (Å²) in [6.45, 7) is 3.78. The second-order valence-electron chi connectivity index (χ2n) is 6.86. The smallest absolute Gasteiger partial charge is 0.214 e. The zero-order valence-corrected chi connectivity index (χ0v) is 15.1. The van der Waals surface area contributed by atoms with Gasteiger partial charge < -0.3 is 4.90 Å². The van der Waals surface area contributed by atoms with E-state index in [1.807, 2.05) is 7.05 Å². The van der Waals surface area contributed by atoms with Gasteiger partial charge in [-0.3, -0.25) is 0 Å². The predicted molar refractivity (Wildman–Crippen MR) is 96.1 cm³/mol. The predicted octanol–water partition coefficient (Wildman–Crippen LogP) is 1.70. The molecule has 3 rings (SSSR count). The number of nitriles is 1. The molecule has 1 aromatic heterocycles. The molecular weight excluding hydrogens is 338 g/mol. The van der Waals surface area contributed by atoms with Crippen molar-refractivity contribution in [3.8, 4) is 6.07 Å². The Morgan fingerprint density at radius 1 is 1.40 bits per heavy atom. The van der Waals surface area contributed by atoms with Gasteiger partial charge in [0.25, 0.3) is 0 Å². The van der Waals surface area contributed by atoms with Gasteiger partial charge >= 0.3 is 0 Å². The monoisotopic (exact) mass is 361 g/mol. The summed E-state index contributed by atoms with van der Waals surface area (Å²) in [5.41, 5.74) is 0.863. The van der Waals surface area contributed by atoms with E-state index in [1.165, 1.54) is 6.33 Å². The molecule has 0 spiro atoms. The molecule has 25 heavy (non-hydrogen) atoms. The van der Waals surface area contributed by atoms with Gasteiger partial charge in [0.05, 0.1) is 11.3 Å². The van der Waals surface area contributed by atoms with Gasteiger partial charge in [-0.1, -0.05) is 12.7 Å². The van der Waals surface area contributed by atoms with Crippen LogP contribution in [-0.2, 0) is 10.0 Å². The molecule has 134 valence electrons. The molecule has 1 N–H and O–H groups in total. The summed E-state index contributed by atoms with van der Waals surface area (Å²) < 4.78 is 27.8. The molecule has 7 nitrogen and oxygen atoms in total. The van der Waals surface area contributed by atoms with Gasteiger partial charge in [-0.15, -0.1) is 0 Å². The molecule has 2 aliphatic carbocycles. The summed E-state index contributed by atoms with van der Waals surface area (Å²) in [5.74, 6) is 0.681. The minimum atomic E-state index is -3.35. The highest BCUT2D eigenvalue weighted by atomic mass is 32.2. The third kappa shape index (κ3) is 3.67. The molecule has 0 amide bonds. The number of nitrogens with one attached hydrogen (secondary N) is 1. The Labute approximate surface area is 148 Å². The van der Waals surface area contributed by atoms with Crippen molar-refractivity contribution in [1.29, 1.82) is 5.26 Å². The largest absolute Gasteiger partial charge is 0.356 e. The lowest BCUT2D eigenvalue weighted by Crippen LogP contribution is -2.54. The SMILES string of the molecule is C=Cc1cncnc1N(C)C1CC(NS(=O)(=O)[C@@H]2CCC(C#N)C2)C1. The van der Waals surface area contributed by atoms with Crippen molar-refractivity contribution < 1.29 is 8.42 Å². The first kappa shape index (κ1) is 17.8. The summed E-state index contributed by atoms with van der Waals surface area (Å²) in [7, 11) is -1.39. The summed E-state index contributed by atoms with van der Waals surface area (Å²) >= 11 is 0. The average Bonchev–Trinajstić information content (AvgIpc) is 3.07. The molecule has 0 bridgehead atoms. The number of hydrogen-bond acceptors (Lipinski definition) is 6. The molecule has 2 fully saturated rings. The van der Waals surface area contributed by atoms with E-state index in [2.05, 4.69) is 32.2 Å². The lowest BCUT2D eigenvalue weighted by molar-refractivity contribution is 0.315. The van der Waals surface area contributed by atoms with Crippen LogP contribution in [0.1, 0.15) is 37.7 Å². The molecule has 1 unspecified atom stereocenters. The topological polar surface area (TPSA) is 99.0 Å². The quantitative estimate of drug-likeness (QED) is 0.828. The molecule has 8 heteroatoms. The molecule has 0 saturated heterocycles. The number of anilines is 1. The maximum Gasteiger partial charge on any atom is 0.214 e. The second kappa shape index (κ2) is 7.10. The first-order valence-corrected chi connectivity index (χ1v) is 10.0. The fraction of sp³-hybridized carbons (Fsp3) is 0.588. The fourth-order valence-corrected chi connectivity index (χ4v) is 5.40. The number of hydrogen-bond donors (Lipinski definition) is 1. The number of aromatic nitrogens is 2. The van der Waals surface area contributed by atoms with Gasteiger partial charge in [0.2, 0.25) is 10.0 Å². The van der Waals surface area contributed by atoms with E-state index >= 15 is 0 Å². The van der Waals surface area contributed by atoms with E-state index < -0.39 is 15.3 Å². The van der Waals surface area contributed by atoms with Crippen molar-refractivity contribution in [2.24, 2.45) is 5.92 Å². The summed E-state index contributed by atoms with van der Waals surface area (Å²) in [6.07, 6.45) is 8.13. The van der Waals surface area contributed by atoms with Crippen LogP contribution in [0.15, 0.2) is 19.1 Å². The molecule has 2 saturated carbocycles. The lowest BCUT2D eigenvalue weighted by atomic mass is 9.86. The van der Waals surface area contributed by atoms with E-state index in [4.69, 9.17) is 5.26 Å². The highest BCUT2D eigenvalue weighted by Gasteiger charge is 2.40. The lowest BCUT2D eigenvalue weighted by Gasteiger charge is -2.42. The van der Waals surface area contributed by atoms with Crippen LogP contribution in [0.3, 0.4) is 0 Å². The first-order chi connectivity index (χ1) is 11.9. The van der Waals surface area contributed by atoms with Gasteiger partial charge in [0, 0.05) is 36.8 Å². The van der Waals surface area contributed by atoms with Crippen molar-refractivity contribution in [2.75, 3.05) is 11.9 Å². The molecule has 2 atom stereocenters. The van der Waals surface area contributed by atoms with Gasteiger partial charge in [-0.2, -0.15) is 5.26 Å². The van der Waals surface area contributed by atoms with Crippen LogP contribution < -0.4 is 9.62 Å². The van der Waals surface area contributed by atoms with Crippen LogP contribution >= 0.6 is 0 Å². The molecule has 0 aliphatic heterocycles. The van der Waals surface area contributed by atoms with Crippen LogP contribution in [0, 0.1) is 17.2 Å². The summed E-state index contributed by atoms with van der Waals surface area (Å²) in [5, 5.41) is 8.52. The number of sulfonamides is 1. The Balaban J connectivity index is 1.56. The van der Waals surface area contributed by atoms with Gasteiger partial charge in [0.1, 0.15) is 12.1 Å². The summed E-state index contributed by atoms with van der Waals surface area (Å²) in [4.78, 5) is 10.4. The van der Waals surface area contributed by atoms with Crippen LogP contribution in [0.4, 0.5) is 5.82 Å². The van der Waals surface area contributed by atoms with Crippen molar-refractivity contribution >= 4 is 21.9 Å². The highest BCUT2D eigenvalue weighted by Crippen LogP contribution is 2.33. The average molecular weight is 361 g/mol. The standard InChI is InChI=1S/C17H23N5O2S/c1-3-13-10-19-11-20-17(13)22(2)15-7-14(8-15)21-25(23,24)16-5-4-12(6-16)9-18/h3,10-12,14-16,21H,1,4-8H2,2H3/t12?,14?,15?,16-/m1/s1. The number of rotatable bonds is 6. The van der Waals surface area contributed by atoms with E-state index in [1.54, 1.807) is 12.3 Å². The Hall–Kier alpha value is -1.98. The fourth-order valence-electron chi connectivity index (χ4n) is 3.61. The van der Waals surface area contributed by atoms with E-state index in [9.17, 15) is 8.42 Å². The maximum absolute atomic E-state index is 12.5. The van der Waals surface area contributed by atoms with Gasteiger partial charge in [-0.25, -0.2) is 23.1 Å². The van der Waals surface area contributed by atoms with E-state index in [-0.39, 0.29) is 18.0 Å². The Morgan fingerprint density at radius 3 is 2.80 bits per heavy atom. The van der Waals surface area contributed by atoms with Crippen LogP contribution in [0.25, 0.3) is 6.08 Å². The molecule has 0 aromatic carbocycles. The van der Waals surface area contributed by atoms with Gasteiger partial charge in [0.15, 0.2) is 0 Å². The van der Waals surface area contributed by atoms with Crippen molar-refractivity contribution in [3.63, 3.8) is 0 Å². The Kier molecular flexibility index (Phi) is 5.06. The highest BCUT2D eigenvalue weighted by molar-refractivity contribution is 7.90. The zero-order valence-electron chi connectivity index (χ0n) is 14.3. The van der Waals surface area contributed by atoms with Crippen molar-refractivity contribution in [1.82, 2.24) is 14.7 Å². The van der Waals surface area contributed by atoms with E-state index in [0.717, 1.165) is 24.2 Å². The summed E-state index contributed by atoms with van der Waals surface area (Å²) in [6, 6.07) is 2.36. The van der Waals surface area contributed by atoms with Gasteiger partial charge in [-0.05, 0) is 32.1 Å². The maximum atomic E-state index is 12.5. The Morgan fingerprint density at radius 2 is 2.16 bits per heavy atom. The zero-order chi connectivity index (χ0) is 18.0. The number of nitrogens with zero attached hydrogens (tertiary/aromatic N) is 4. The van der Waals surface area contributed by atoms with E-state index in [0.29, 0.717) is 19.3 Å². The third-order valence-electron chi connectivity index (χ3n) is 5.27.